The molecule has 0 N–H and O–H groups in total. The molecule has 2 atom stereocenters. The van der Waals surface area contributed by atoms with Crippen LogP contribution < -0.4 is 0 Å². The van der Waals surface area contributed by atoms with Crippen molar-refractivity contribution in [2.45, 2.75) is 23.2 Å². The Morgan fingerprint density at radius 1 is 1.43 bits per heavy atom. The van der Waals surface area contributed by atoms with E-state index >= 15 is 0 Å². The lowest BCUT2D eigenvalue weighted by Gasteiger charge is -2.11. The van der Waals surface area contributed by atoms with Gasteiger partial charge in [0.05, 0.1) is 11.2 Å². The first kappa shape index (κ1) is 19.3. The Balaban J connectivity index is 1.58. The van der Waals surface area contributed by atoms with E-state index in [2.05, 4.69) is 58.5 Å². The molecule has 0 spiro atoms. The summed E-state index contributed by atoms with van der Waals surface area (Å²) in [6.45, 7) is 5.74. The summed E-state index contributed by atoms with van der Waals surface area (Å²) in [6, 6.07) is 8.65. The predicted octanol–water partition coefficient (Wildman–Crippen LogP) is 5.54. The highest BCUT2D eigenvalue weighted by Gasteiger charge is 2.26. The third-order valence-electron chi connectivity index (χ3n) is 3.21. The van der Waals surface area contributed by atoms with Gasteiger partial charge in [-0.1, -0.05) is 34.6 Å². The van der Waals surface area contributed by atoms with Crippen molar-refractivity contribution >= 4 is 57.2 Å². The van der Waals surface area contributed by atoms with E-state index in [0.29, 0.717) is 22.0 Å². The number of thioether (sulfide) groups is 3. The Morgan fingerprint density at radius 3 is 2.87 bits per heavy atom. The van der Waals surface area contributed by atoms with Crippen LogP contribution in [-0.4, -0.2) is 35.1 Å². The Labute approximate surface area is 159 Å². The van der Waals surface area contributed by atoms with Gasteiger partial charge in [0, 0.05) is 26.8 Å². The molecule has 0 bridgehead atoms. The van der Waals surface area contributed by atoms with Gasteiger partial charge in [-0.2, -0.15) is 11.8 Å². The number of hydrogen-bond donors (Lipinski definition) is 0. The van der Waals surface area contributed by atoms with Gasteiger partial charge in [0.2, 0.25) is 0 Å². The van der Waals surface area contributed by atoms with Crippen molar-refractivity contribution in [3.8, 4) is 0 Å². The van der Waals surface area contributed by atoms with Crippen molar-refractivity contribution in [3.05, 3.63) is 46.5 Å². The lowest BCUT2D eigenvalue weighted by atomic mass is 10.2. The maximum atomic E-state index is 11.2. The van der Waals surface area contributed by atoms with Crippen LogP contribution in [0.2, 0.25) is 0 Å². The van der Waals surface area contributed by atoms with Gasteiger partial charge in [-0.15, -0.1) is 23.5 Å². The lowest BCUT2D eigenvalue weighted by molar-refractivity contribution is -0.138. The van der Waals surface area contributed by atoms with Gasteiger partial charge < -0.3 is 4.74 Å². The molecule has 2 nitrogen and oxygen atoms in total. The molecule has 1 heterocycles. The molecule has 1 fully saturated rings. The van der Waals surface area contributed by atoms with E-state index in [0.717, 1.165) is 16.6 Å². The van der Waals surface area contributed by atoms with Crippen LogP contribution in [0.4, 0.5) is 0 Å². The maximum Gasteiger partial charge on any atom is 0.333 e. The van der Waals surface area contributed by atoms with Crippen LogP contribution in [0.5, 0.6) is 0 Å². The topological polar surface area (TPSA) is 26.3 Å². The fourth-order valence-corrected chi connectivity index (χ4v) is 6.97. The minimum absolute atomic E-state index is 0.282. The standard InChI is InChI=1S/C17H21BrO2S3/c1-12(2)16(19)20-8-3-9-21-10-15-11-22-17(23-15)13-4-6-14(18)7-5-13/h4-7,15,17H,1,3,8-11H2,2H3. The van der Waals surface area contributed by atoms with Gasteiger partial charge >= 0.3 is 5.97 Å². The molecule has 0 amide bonds. The minimum Gasteiger partial charge on any atom is -0.462 e. The Hall–Kier alpha value is -0.0400. The molecule has 0 radical (unpaired) electrons. The summed E-state index contributed by atoms with van der Waals surface area (Å²) in [5.74, 6) is 3.13. The Kier molecular flexibility index (Phi) is 8.44. The van der Waals surface area contributed by atoms with Crippen LogP contribution in [0.15, 0.2) is 40.9 Å². The first-order chi connectivity index (χ1) is 11.1. The van der Waals surface area contributed by atoms with E-state index in [1.807, 2.05) is 23.5 Å². The van der Waals surface area contributed by atoms with E-state index in [-0.39, 0.29) is 5.97 Å². The molecule has 1 saturated heterocycles. The van der Waals surface area contributed by atoms with E-state index in [9.17, 15) is 4.79 Å². The number of carbonyl (C=O) groups excluding carboxylic acids is 1. The lowest BCUT2D eigenvalue weighted by Crippen LogP contribution is -2.08. The van der Waals surface area contributed by atoms with Gasteiger partial charge in [0.1, 0.15) is 0 Å². The summed E-state index contributed by atoms with van der Waals surface area (Å²) >= 11 is 9.55. The number of rotatable bonds is 8. The van der Waals surface area contributed by atoms with Crippen LogP contribution in [0.25, 0.3) is 0 Å². The zero-order valence-corrected chi connectivity index (χ0v) is 17.2. The molecule has 0 saturated carbocycles. The van der Waals surface area contributed by atoms with Crippen molar-refractivity contribution in [3.63, 3.8) is 0 Å². The van der Waals surface area contributed by atoms with Crippen molar-refractivity contribution < 1.29 is 9.53 Å². The summed E-state index contributed by atoms with van der Waals surface area (Å²) in [5, 5.41) is 0.705. The average Bonchev–Trinajstić information content (AvgIpc) is 3.00. The summed E-state index contributed by atoms with van der Waals surface area (Å²) in [5.41, 5.74) is 1.87. The SMILES string of the molecule is C=C(C)C(=O)OCCCSCC1CSC(c2ccc(Br)cc2)S1. The molecule has 0 aromatic heterocycles. The average molecular weight is 433 g/mol. The van der Waals surface area contributed by atoms with Crippen LogP contribution in [0.3, 0.4) is 0 Å². The highest BCUT2D eigenvalue weighted by atomic mass is 79.9. The molecule has 1 aromatic carbocycles. The molecular formula is C17H21BrO2S3. The molecule has 1 aromatic rings. The molecule has 23 heavy (non-hydrogen) atoms. The van der Waals surface area contributed by atoms with Gasteiger partial charge in [0.15, 0.2) is 0 Å². The first-order valence-corrected chi connectivity index (χ1v) is 11.4. The zero-order chi connectivity index (χ0) is 16.7. The van der Waals surface area contributed by atoms with Crippen molar-refractivity contribution in [1.29, 1.82) is 0 Å². The van der Waals surface area contributed by atoms with Crippen LogP contribution in [0.1, 0.15) is 23.5 Å². The van der Waals surface area contributed by atoms with E-state index in [4.69, 9.17) is 4.74 Å². The third-order valence-corrected chi connectivity index (χ3v) is 8.53. The number of esters is 1. The maximum absolute atomic E-state index is 11.2. The number of halogens is 1. The first-order valence-electron chi connectivity index (χ1n) is 7.49. The molecular weight excluding hydrogens is 412 g/mol. The smallest absolute Gasteiger partial charge is 0.333 e. The second-order valence-electron chi connectivity index (χ2n) is 5.32. The van der Waals surface area contributed by atoms with Crippen molar-refractivity contribution in [2.24, 2.45) is 0 Å². The quantitative estimate of drug-likeness (QED) is 0.305. The molecule has 6 heteroatoms. The molecule has 1 aliphatic heterocycles. The minimum atomic E-state index is -0.282. The monoisotopic (exact) mass is 432 g/mol. The van der Waals surface area contributed by atoms with Crippen molar-refractivity contribution in [2.75, 3.05) is 23.9 Å². The van der Waals surface area contributed by atoms with Gasteiger partial charge in [0.25, 0.3) is 0 Å². The normalized spacial score (nSPS) is 20.4. The molecule has 2 rings (SSSR count). The van der Waals surface area contributed by atoms with E-state index in [1.165, 1.54) is 17.1 Å². The number of hydrogen-bond acceptors (Lipinski definition) is 5. The molecule has 0 aliphatic carbocycles. The number of ether oxygens (including phenoxy) is 1. The van der Waals surface area contributed by atoms with Gasteiger partial charge in [-0.25, -0.2) is 4.79 Å². The highest BCUT2D eigenvalue weighted by molar-refractivity contribution is 9.10. The second kappa shape index (κ2) is 10.1. The van der Waals surface area contributed by atoms with Crippen LogP contribution >= 0.6 is 51.2 Å². The van der Waals surface area contributed by atoms with Crippen LogP contribution in [0, 0.1) is 0 Å². The molecule has 126 valence electrons. The number of benzene rings is 1. The largest absolute Gasteiger partial charge is 0.462 e. The van der Waals surface area contributed by atoms with Gasteiger partial charge in [-0.05, 0) is 36.8 Å². The Morgan fingerprint density at radius 2 is 2.17 bits per heavy atom. The Bertz CT molecular complexity index is 533. The summed E-state index contributed by atoms with van der Waals surface area (Å²) in [6.07, 6.45) is 0.907. The molecule has 2 unspecified atom stereocenters. The highest BCUT2D eigenvalue weighted by Crippen LogP contribution is 2.50. The number of carbonyl (C=O) groups is 1. The molecule has 1 aliphatic rings. The summed E-state index contributed by atoms with van der Waals surface area (Å²) < 4.78 is 6.79. The zero-order valence-electron chi connectivity index (χ0n) is 13.1. The predicted molar refractivity (Wildman–Crippen MR) is 108 cm³/mol. The third kappa shape index (κ3) is 6.77. The van der Waals surface area contributed by atoms with E-state index in [1.54, 1.807) is 6.92 Å². The summed E-state index contributed by atoms with van der Waals surface area (Å²) in [4.78, 5) is 11.2. The second-order valence-corrected chi connectivity index (χ2v) is 10.2. The van der Waals surface area contributed by atoms with E-state index < -0.39 is 0 Å². The fraction of sp³-hybridized carbons (Fsp3) is 0.471. The van der Waals surface area contributed by atoms with Crippen molar-refractivity contribution in [1.82, 2.24) is 0 Å². The fourth-order valence-electron chi connectivity index (χ4n) is 1.99. The van der Waals surface area contributed by atoms with Gasteiger partial charge in [-0.3, -0.25) is 0 Å². The summed E-state index contributed by atoms with van der Waals surface area (Å²) in [7, 11) is 0. The van der Waals surface area contributed by atoms with Crippen LogP contribution in [-0.2, 0) is 9.53 Å².